The Morgan fingerprint density at radius 2 is 1.92 bits per heavy atom. The molecular formula is C20H25NO4S. The minimum absolute atomic E-state index is 0.171. The molecule has 26 heavy (non-hydrogen) atoms. The number of aryl methyl sites for hydroxylation is 1. The first kappa shape index (κ1) is 20.3. The summed E-state index contributed by atoms with van der Waals surface area (Å²) >= 11 is -1.39. The third-order valence-corrected chi connectivity index (χ3v) is 5.38. The highest BCUT2D eigenvalue weighted by molar-refractivity contribution is 7.90. The van der Waals surface area contributed by atoms with E-state index in [2.05, 4.69) is 4.72 Å². The highest BCUT2D eigenvalue weighted by Crippen LogP contribution is 2.29. The smallest absolute Gasteiger partial charge is 0.305 e. The molecule has 0 spiro atoms. The number of carboxylic acid groups (broad SMARTS) is 1. The molecule has 2 N–H and O–H groups in total. The van der Waals surface area contributed by atoms with E-state index in [0.29, 0.717) is 5.75 Å². The number of carbonyl (C=O) groups is 1. The minimum atomic E-state index is -1.39. The molecule has 2 atom stereocenters. The van der Waals surface area contributed by atoms with Crippen LogP contribution in [-0.2, 0) is 16.2 Å². The van der Waals surface area contributed by atoms with Gasteiger partial charge in [-0.15, -0.1) is 4.72 Å². The maximum Gasteiger partial charge on any atom is 0.305 e. The van der Waals surface area contributed by atoms with Gasteiger partial charge in [-0.05, 0) is 57.0 Å². The molecule has 2 aromatic carbocycles. The van der Waals surface area contributed by atoms with Crippen LogP contribution < -0.4 is 9.46 Å². The standard InChI is InChI=1S/C20H25NO4S/c1-14-8-5-6-11-18(14)25-16-10-7-9-15(12-16)17(13-19(22)23)21-26(24)20(2,3)4/h5-12,17,21H,13H2,1-4H3,(H,22,23). The molecule has 2 rings (SSSR count). The van der Waals surface area contributed by atoms with Gasteiger partial charge in [-0.25, -0.2) is 0 Å². The van der Waals surface area contributed by atoms with Crippen molar-refractivity contribution in [1.82, 2.24) is 4.72 Å². The molecule has 0 heterocycles. The van der Waals surface area contributed by atoms with E-state index in [4.69, 9.17) is 4.74 Å². The number of nitrogens with one attached hydrogen (secondary N) is 1. The third kappa shape index (κ3) is 5.76. The zero-order valence-electron chi connectivity index (χ0n) is 15.5. The molecule has 0 amide bonds. The molecule has 0 aliphatic heterocycles. The summed E-state index contributed by atoms with van der Waals surface area (Å²) in [5.41, 5.74) is 1.73. The van der Waals surface area contributed by atoms with Crippen molar-refractivity contribution in [3.8, 4) is 11.5 Å². The second kappa shape index (κ2) is 8.58. The van der Waals surface area contributed by atoms with Crippen molar-refractivity contribution in [3.05, 3.63) is 59.7 Å². The lowest BCUT2D eigenvalue weighted by Crippen LogP contribution is -2.41. The fourth-order valence-electron chi connectivity index (χ4n) is 2.30. The average Bonchev–Trinajstić information content (AvgIpc) is 2.55. The molecule has 0 bridgehead atoms. The number of ether oxygens (including phenoxy) is 1. The van der Waals surface area contributed by atoms with Crippen LogP contribution in [0, 0.1) is 6.92 Å². The molecule has 0 saturated heterocycles. The summed E-state index contributed by atoms with van der Waals surface area (Å²) in [5, 5.41) is 9.23. The largest absolute Gasteiger partial charge is 0.598 e. The molecule has 0 aromatic heterocycles. The molecule has 0 fully saturated rings. The molecule has 2 aromatic rings. The van der Waals surface area contributed by atoms with Gasteiger partial charge in [-0.3, -0.25) is 4.79 Å². The van der Waals surface area contributed by atoms with Gasteiger partial charge in [0.15, 0.2) is 0 Å². The van der Waals surface area contributed by atoms with E-state index in [9.17, 15) is 14.5 Å². The van der Waals surface area contributed by atoms with Gasteiger partial charge in [-0.2, -0.15) is 0 Å². The number of para-hydroxylation sites is 1. The van der Waals surface area contributed by atoms with Gasteiger partial charge in [0.05, 0.1) is 12.5 Å². The van der Waals surface area contributed by atoms with Crippen LogP contribution in [0.4, 0.5) is 0 Å². The third-order valence-electron chi connectivity index (χ3n) is 3.77. The zero-order valence-corrected chi connectivity index (χ0v) is 16.3. The van der Waals surface area contributed by atoms with Gasteiger partial charge in [0.25, 0.3) is 0 Å². The lowest BCUT2D eigenvalue weighted by atomic mass is 10.0. The number of aliphatic carboxylic acids is 1. The fourth-order valence-corrected chi connectivity index (χ4v) is 3.13. The molecule has 6 heteroatoms. The van der Waals surface area contributed by atoms with Gasteiger partial charge >= 0.3 is 5.97 Å². The molecular weight excluding hydrogens is 350 g/mol. The van der Waals surface area contributed by atoms with Crippen molar-refractivity contribution in [1.29, 1.82) is 0 Å². The summed E-state index contributed by atoms with van der Waals surface area (Å²) in [4.78, 5) is 11.3. The summed E-state index contributed by atoms with van der Waals surface area (Å²) in [7, 11) is 0. The number of rotatable bonds is 7. The maximum atomic E-state index is 12.4. The number of hydrogen-bond acceptors (Lipinski definition) is 4. The van der Waals surface area contributed by atoms with Gasteiger partial charge < -0.3 is 14.4 Å². The van der Waals surface area contributed by atoms with Crippen molar-refractivity contribution in [2.45, 2.75) is 44.9 Å². The fraction of sp³-hybridized carbons (Fsp3) is 0.350. The van der Waals surface area contributed by atoms with E-state index in [-0.39, 0.29) is 6.42 Å². The van der Waals surface area contributed by atoms with Gasteiger partial charge in [-0.1, -0.05) is 30.3 Å². The predicted octanol–water partition coefficient (Wildman–Crippen LogP) is 4.35. The Morgan fingerprint density at radius 3 is 2.54 bits per heavy atom. The maximum absolute atomic E-state index is 12.4. The highest BCUT2D eigenvalue weighted by Gasteiger charge is 2.31. The van der Waals surface area contributed by atoms with Crippen molar-refractivity contribution < 1.29 is 19.2 Å². The predicted molar refractivity (Wildman–Crippen MR) is 104 cm³/mol. The van der Waals surface area contributed by atoms with Gasteiger partial charge in [0.2, 0.25) is 0 Å². The van der Waals surface area contributed by atoms with Crippen molar-refractivity contribution >= 4 is 17.3 Å². The van der Waals surface area contributed by atoms with Crippen LogP contribution in [-0.4, -0.2) is 20.4 Å². The zero-order chi connectivity index (χ0) is 19.3. The van der Waals surface area contributed by atoms with E-state index in [1.807, 2.05) is 64.1 Å². The number of benzene rings is 2. The van der Waals surface area contributed by atoms with E-state index in [1.165, 1.54) is 0 Å². The quantitative estimate of drug-likeness (QED) is 0.703. The first-order valence-corrected chi connectivity index (χ1v) is 9.55. The highest BCUT2D eigenvalue weighted by atomic mass is 32.2. The van der Waals surface area contributed by atoms with Crippen LogP contribution in [0.3, 0.4) is 0 Å². The Kier molecular flexibility index (Phi) is 6.69. The van der Waals surface area contributed by atoms with E-state index < -0.39 is 28.1 Å². The van der Waals surface area contributed by atoms with E-state index in [1.54, 1.807) is 12.1 Å². The Bertz CT molecular complexity index is 757. The topological polar surface area (TPSA) is 81.6 Å². The van der Waals surface area contributed by atoms with E-state index in [0.717, 1.165) is 16.9 Å². The lowest BCUT2D eigenvalue weighted by Gasteiger charge is -2.27. The first-order chi connectivity index (χ1) is 12.2. The van der Waals surface area contributed by atoms with Crippen molar-refractivity contribution in [2.24, 2.45) is 0 Å². The van der Waals surface area contributed by atoms with Gasteiger partial charge in [0, 0.05) is 11.4 Å². The molecule has 0 aliphatic rings. The average molecular weight is 375 g/mol. The molecule has 0 saturated carbocycles. The monoisotopic (exact) mass is 375 g/mol. The van der Waals surface area contributed by atoms with Gasteiger partial charge in [0.1, 0.15) is 16.2 Å². The summed E-state index contributed by atoms with van der Waals surface area (Å²) < 4.78 is 20.8. The summed E-state index contributed by atoms with van der Waals surface area (Å²) in [5.74, 6) is 0.389. The Morgan fingerprint density at radius 1 is 1.23 bits per heavy atom. The second-order valence-electron chi connectivity index (χ2n) is 7.09. The van der Waals surface area contributed by atoms with E-state index >= 15 is 0 Å². The van der Waals surface area contributed by atoms with Crippen LogP contribution in [0.15, 0.2) is 48.5 Å². The van der Waals surface area contributed by atoms with Crippen LogP contribution in [0.25, 0.3) is 0 Å². The van der Waals surface area contributed by atoms with Crippen molar-refractivity contribution in [3.63, 3.8) is 0 Å². The van der Waals surface area contributed by atoms with Crippen LogP contribution in [0.1, 0.15) is 44.4 Å². The first-order valence-electron chi connectivity index (χ1n) is 8.40. The summed E-state index contributed by atoms with van der Waals surface area (Å²) in [6.07, 6.45) is -0.171. The Hall–Kier alpha value is -2.02. The molecule has 5 nitrogen and oxygen atoms in total. The number of hydrogen-bond donors (Lipinski definition) is 2. The number of carboxylic acids is 1. The lowest BCUT2D eigenvalue weighted by molar-refractivity contribution is -0.137. The van der Waals surface area contributed by atoms with Crippen LogP contribution >= 0.6 is 0 Å². The van der Waals surface area contributed by atoms with Crippen LogP contribution in [0.2, 0.25) is 0 Å². The van der Waals surface area contributed by atoms with Crippen molar-refractivity contribution in [2.75, 3.05) is 0 Å². The van der Waals surface area contributed by atoms with Crippen LogP contribution in [0.5, 0.6) is 11.5 Å². The SMILES string of the molecule is Cc1ccccc1Oc1cccc(C(CC(=O)O)N[S+]([O-])C(C)(C)C)c1. The molecule has 0 aliphatic carbocycles. The second-order valence-corrected chi connectivity index (χ2v) is 9.09. The molecule has 2 unspecified atom stereocenters. The molecule has 140 valence electrons. The Labute approximate surface area is 157 Å². The Balaban J connectivity index is 2.25. The normalized spacial score (nSPS) is 13.9. The molecule has 0 radical (unpaired) electrons. The minimum Gasteiger partial charge on any atom is -0.598 e. The summed E-state index contributed by atoms with van der Waals surface area (Å²) in [6, 6.07) is 14.3. The summed E-state index contributed by atoms with van der Waals surface area (Å²) in [6.45, 7) is 7.48.